The van der Waals surface area contributed by atoms with Crippen molar-refractivity contribution in [3.63, 3.8) is 0 Å². The van der Waals surface area contributed by atoms with Crippen LogP contribution in [0.2, 0.25) is 0 Å². The Morgan fingerprint density at radius 2 is 1.85 bits per heavy atom. The fourth-order valence-corrected chi connectivity index (χ4v) is 4.91. The van der Waals surface area contributed by atoms with Crippen LogP contribution in [-0.2, 0) is 12.0 Å². The molecular formula is C22H24N4O. The normalized spacial score (nSPS) is 25.5. The second-order valence-electron chi connectivity index (χ2n) is 7.71. The molecular weight excluding hydrogens is 336 g/mol. The number of likely N-dealkylation sites (tertiary alicyclic amines) is 1. The lowest BCUT2D eigenvalue weighted by atomic mass is 9.68. The van der Waals surface area contributed by atoms with E-state index in [0.717, 1.165) is 50.9 Å². The second kappa shape index (κ2) is 6.82. The lowest BCUT2D eigenvalue weighted by Gasteiger charge is -2.44. The van der Waals surface area contributed by atoms with Crippen molar-refractivity contribution in [2.75, 3.05) is 31.1 Å². The molecule has 2 aliphatic heterocycles. The number of rotatable bonds is 4. The topological polar surface area (TPSA) is 45.4 Å². The van der Waals surface area contributed by atoms with Gasteiger partial charge in [0.25, 0.3) is 0 Å². The van der Waals surface area contributed by atoms with Crippen molar-refractivity contribution in [3.05, 3.63) is 78.5 Å². The summed E-state index contributed by atoms with van der Waals surface area (Å²) in [5.74, 6) is 2.44. The van der Waals surface area contributed by atoms with Crippen molar-refractivity contribution in [2.45, 2.75) is 18.4 Å². The van der Waals surface area contributed by atoms with Crippen LogP contribution in [0.1, 0.15) is 17.7 Å². The van der Waals surface area contributed by atoms with E-state index in [1.54, 1.807) is 6.26 Å². The molecule has 2 atom stereocenters. The average molecular weight is 360 g/mol. The third-order valence-corrected chi connectivity index (χ3v) is 6.18. The number of piperidine rings is 1. The molecule has 2 saturated heterocycles. The van der Waals surface area contributed by atoms with Crippen LogP contribution < -0.4 is 4.90 Å². The first kappa shape index (κ1) is 16.5. The van der Waals surface area contributed by atoms with E-state index >= 15 is 0 Å². The van der Waals surface area contributed by atoms with Crippen LogP contribution in [0, 0.1) is 5.92 Å². The molecule has 0 spiro atoms. The van der Waals surface area contributed by atoms with Crippen molar-refractivity contribution in [1.82, 2.24) is 14.9 Å². The van der Waals surface area contributed by atoms with Crippen LogP contribution in [0.15, 0.2) is 71.6 Å². The van der Waals surface area contributed by atoms with Crippen molar-refractivity contribution < 1.29 is 4.42 Å². The van der Waals surface area contributed by atoms with Gasteiger partial charge in [-0.3, -0.25) is 4.90 Å². The molecule has 3 aromatic rings. The molecule has 5 heteroatoms. The minimum Gasteiger partial charge on any atom is -0.468 e. The van der Waals surface area contributed by atoms with Crippen LogP contribution >= 0.6 is 0 Å². The second-order valence-corrected chi connectivity index (χ2v) is 7.71. The SMILES string of the molecule is c1ccc([C@@]23CCN(c4ncccn4)C[C@H]2CN(Cc2ccco2)C3)cc1. The van der Waals surface area contributed by atoms with E-state index in [4.69, 9.17) is 4.42 Å². The maximum Gasteiger partial charge on any atom is 0.225 e. The first-order chi connectivity index (χ1) is 13.3. The Labute approximate surface area is 159 Å². The van der Waals surface area contributed by atoms with Gasteiger partial charge in [-0.1, -0.05) is 30.3 Å². The van der Waals surface area contributed by atoms with Gasteiger partial charge in [0.1, 0.15) is 5.76 Å². The number of hydrogen-bond acceptors (Lipinski definition) is 5. The van der Waals surface area contributed by atoms with E-state index in [0.29, 0.717) is 5.92 Å². The Hall–Kier alpha value is -2.66. The largest absolute Gasteiger partial charge is 0.468 e. The number of fused-ring (bicyclic) bond motifs is 1. The predicted octanol–water partition coefficient (Wildman–Crippen LogP) is 3.35. The van der Waals surface area contributed by atoms with Crippen LogP contribution in [0.25, 0.3) is 0 Å². The summed E-state index contributed by atoms with van der Waals surface area (Å²) in [6, 6.07) is 17.0. The van der Waals surface area contributed by atoms with Crippen molar-refractivity contribution in [1.29, 1.82) is 0 Å². The Bertz CT molecular complexity index is 868. The summed E-state index contributed by atoms with van der Waals surface area (Å²) in [5.41, 5.74) is 1.66. The lowest BCUT2D eigenvalue weighted by molar-refractivity contribution is 0.264. The number of hydrogen-bond donors (Lipinski definition) is 0. The summed E-state index contributed by atoms with van der Waals surface area (Å²) in [7, 11) is 0. The molecule has 0 radical (unpaired) electrons. The molecule has 2 aliphatic rings. The first-order valence-corrected chi connectivity index (χ1v) is 9.66. The Morgan fingerprint density at radius 3 is 2.63 bits per heavy atom. The summed E-state index contributed by atoms with van der Waals surface area (Å²) < 4.78 is 5.61. The van der Waals surface area contributed by atoms with Gasteiger partial charge < -0.3 is 9.32 Å². The number of anilines is 1. The Kier molecular flexibility index (Phi) is 4.17. The van der Waals surface area contributed by atoms with E-state index in [1.165, 1.54) is 5.56 Å². The molecule has 5 nitrogen and oxygen atoms in total. The van der Waals surface area contributed by atoms with E-state index in [1.807, 2.05) is 24.5 Å². The quantitative estimate of drug-likeness (QED) is 0.714. The minimum absolute atomic E-state index is 0.194. The summed E-state index contributed by atoms with van der Waals surface area (Å²) in [5, 5.41) is 0. The molecule has 0 unspecified atom stereocenters. The molecule has 0 N–H and O–H groups in total. The maximum absolute atomic E-state index is 5.61. The summed E-state index contributed by atoms with van der Waals surface area (Å²) >= 11 is 0. The van der Waals surface area contributed by atoms with Crippen molar-refractivity contribution in [3.8, 4) is 0 Å². The fourth-order valence-electron chi connectivity index (χ4n) is 4.91. The molecule has 5 rings (SSSR count). The van der Waals surface area contributed by atoms with E-state index in [9.17, 15) is 0 Å². The van der Waals surface area contributed by atoms with Gasteiger partial charge in [-0.05, 0) is 30.2 Å². The molecule has 0 amide bonds. The number of furan rings is 1. The van der Waals surface area contributed by atoms with Gasteiger partial charge in [0.2, 0.25) is 5.95 Å². The van der Waals surface area contributed by atoms with Gasteiger partial charge in [0.05, 0.1) is 12.8 Å². The molecule has 4 heterocycles. The lowest BCUT2D eigenvalue weighted by Crippen LogP contribution is -2.50. The highest BCUT2D eigenvalue weighted by Gasteiger charge is 2.50. The van der Waals surface area contributed by atoms with Crippen LogP contribution in [0.4, 0.5) is 5.95 Å². The number of benzene rings is 1. The third-order valence-electron chi connectivity index (χ3n) is 6.18. The molecule has 0 bridgehead atoms. The molecule has 0 saturated carbocycles. The van der Waals surface area contributed by atoms with Gasteiger partial charge in [-0.2, -0.15) is 0 Å². The maximum atomic E-state index is 5.61. The van der Waals surface area contributed by atoms with E-state index in [2.05, 4.69) is 56.2 Å². The van der Waals surface area contributed by atoms with Crippen molar-refractivity contribution in [2.24, 2.45) is 5.92 Å². The fraction of sp³-hybridized carbons (Fsp3) is 0.364. The summed E-state index contributed by atoms with van der Waals surface area (Å²) in [6.45, 7) is 5.00. The molecule has 1 aromatic carbocycles. The van der Waals surface area contributed by atoms with Crippen LogP contribution in [0.3, 0.4) is 0 Å². The average Bonchev–Trinajstić information content (AvgIpc) is 3.37. The summed E-state index contributed by atoms with van der Waals surface area (Å²) in [6.07, 6.45) is 6.55. The highest BCUT2D eigenvalue weighted by atomic mass is 16.3. The number of nitrogens with zero attached hydrogens (tertiary/aromatic N) is 4. The summed E-state index contributed by atoms with van der Waals surface area (Å²) in [4.78, 5) is 13.9. The highest BCUT2D eigenvalue weighted by molar-refractivity contribution is 5.37. The third kappa shape index (κ3) is 3.02. The standard InChI is InChI=1S/C22H24N4O/c1-2-6-18(7-3-1)22-9-12-26(21-23-10-5-11-24-21)15-19(22)14-25(17-22)16-20-8-4-13-27-20/h1-8,10-11,13,19H,9,12,14-17H2/t19-,22+/m1/s1. The van der Waals surface area contributed by atoms with Crippen molar-refractivity contribution >= 4 is 5.95 Å². The van der Waals surface area contributed by atoms with Gasteiger partial charge in [-0.15, -0.1) is 0 Å². The van der Waals surface area contributed by atoms with E-state index < -0.39 is 0 Å². The molecule has 2 aromatic heterocycles. The van der Waals surface area contributed by atoms with Gasteiger partial charge >= 0.3 is 0 Å². The molecule has 0 aliphatic carbocycles. The van der Waals surface area contributed by atoms with Crippen LogP contribution in [-0.4, -0.2) is 41.0 Å². The predicted molar refractivity (Wildman–Crippen MR) is 104 cm³/mol. The van der Waals surface area contributed by atoms with Crippen LogP contribution in [0.5, 0.6) is 0 Å². The molecule has 2 fully saturated rings. The highest BCUT2D eigenvalue weighted by Crippen LogP contribution is 2.46. The van der Waals surface area contributed by atoms with Gasteiger partial charge in [-0.25, -0.2) is 9.97 Å². The Morgan fingerprint density at radius 1 is 1.00 bits per heavy atom. The zero-order chi connectivity index (χ0) is 18.1. The smallest absolute Gasteiger partial charge is 0.225 e. The zero-order valence-electron chi connectivity index (χ0n) is 15.4. The number of aromatic nitrogens is 2. The van der Waals surface area contributed by atoms with Gasteiger partial charge in [0.15, 0.2) is 0 Å². The zero-order valence-corrected chi connectivity index (χ0v) is 15.4. The van der Waals surface area contributed by atoms with Gasteiger partial charge in [0, 0.05) is 49.9 Å². The molecule has 27 heavy (non-hydrogen) atoms. The minimum atomic E-state index is 0.194. The van der Waals surface area contributed by atoms with E-state index in [-0.39, 0.29) is 5.41 Å². The molecule has 138 valence electrons. The Balaban J connectivity index is 1.44. The monoisotopic (exact) mass is 360 g/mol. The first-order valence-electron chi connectivity index (χ1n) is 9.66.